The molecule has 0 spiro atoms. The smallest absolute Gasteiger partial charge is 0.406 e. The fourth-order valence-electron chi connectivity index (χ4n) is 2.06. The van der Waals surface area contributed by atoms with E-state index in [-0.39, 0.29) is 11.8 Å². The highest BCUT2D eigenvalue weighted by Crippen LogP contribution is 2.28. The molecule has 0 saturated carbocycles. The minimum atomic E-state index is -4.68. The second-order valence-electron chi connectivity index (χ2n) is 4.25. The van der Waals surface area contributed by atoms with E-state index in [2.05, 4.69) is 10.1 Å². The Morgan fingerprint density at radius 2 is 1.60 bits per heavy atom. The summed E-state index contributed by atoms with van der Waals surface area (Å²) in [7, 11) is 1.76. The molecule has 2 aromatic carbocycles. The van der Waals surface area contributed by atoms with Crippen molar-refractivity contribution >= 4 is 0 Å². The summed E-state index contributed by atoms with van der Waals surface area (Å²) in [6.45, 7) is 0. The van der Waals surface area contributed by atoms with Crippen LogP contribution in [-0.2, 0) is 0 Å². The minimum Gasteiger partial charge on any atom is -0.406 e. The zero-order valence-electron chi connectivity index (χ0n) is 10.8. The Hall–Kier alpha value is -2.01. The number of benzene rings is 2. The van der Waals surface area contributed by atoms with Crippen LogP contribution in [-0.4, -0.2) is 13.4 Å². The van der Waals surface area contributed by atoms with Crippen LogP contribution in [0, 0.1) is 0 Å². The molecule has 0 fully saturated rings. The Bertz CT molecular complexity index is 555. The molecule has 2 aromatic rings. The highest BCUT2D eigenvalue weighted by molar-refractivity contribution is 5.36. The SMILES string of the molecule is CNC(c1ccccc1)c1cccc(OC(F)(F)F)c1. The highest BCUT2D eigenvalue weighted by Gasteiger charge is 2.31. The van der Waals surface area contributed by atoms with Crippen LogP contribution in [0.4, 0.5) is 13.2 Å². The molecule has 0 aliphatic carbocycles. The number of alkyl halides is 3. The van der Waals surface area contributed by atoms with Gasteiger partial charge in [0.1, 0.15) is 5.75 Å². The summed E-state index contributed by atoms with van der Waals surface area (Å²) in [5.41, 5.74) is 1.68. The maximum atomic E-state index is 12.2. The largest absolute Gasteiger partial charge is 0.573 e. The minimum absolute atomic E-state index is 0.187. The molecule has 0 amide bonds. The summed E-state index contributed by atoms with van der Waals surface area (Å²) in [6.07, 6.45) is -4.68. The summed E-state index contributed by atoms with van der Waals surface area (Å²) in [5.74, 6) is -0.216. The van der Waals surface area contributed by atoms with Crippen LogP contribution in [0.1, 0.15) is 17.2 Å². The molecule has 1 unspecified atom stereocenters. The fraction of sp³-hybridized carbons (Fsp3) is 0.200. The standard InChI is InChI=1S/C15H14F3NO/c1-19-14(11-6-3-2-4-7-11)12-8-5-9-13(10-12)20-15(16,17)18/h2-10,14,19H,1H3. The zero-order valence-corrected chi connectivity index (χ0v) is 10.8. The molecule has 5 heteroatoms. The first-order chi connectivity index (χ1) is 9.49. The number of ether oxygens (including phenoxy) is 1. The number of halogens is 3. The summed E-state index contributed by atoms with van der Waals surface area (Å²) < 4.78 is 40.7. The van der Waals surface area contributed by atoms with Crippen molar-refractivity contribution in [3.05, 3.63) is 65.7 Å². The van der Waals surface area contributed by atoms with Crippen molar-refractivity contribution in [3.8, 4) is 5.75 Å². The Morgan fingerprint density at radius 3 is 2.20 bits per heavy atom. The van der Waals surface area contributed by atoms with Gasteiger partial charge >= 0.3 is 6.36 Å². The van der Waals surface area contributed by atoms with E-state index in [4.69, 9.17) is 0 Å². The number of rotatable bonds is 4. The Kier molecular flexibility index (Phi) is 4.29. The van der Waals surface area contributed by atoms with Crippen LogP contribution in [0.2, 0.25) is 0 Å². The Morgan fingerprint density at radius 1 is 0.950 bits per heavy atom. The van der Waals surface area contributed by atoms with Crippen LogP contribution < -0.4 is 10.1 Å². The molecule has 0 aliphatic rings. The van der Waals surface area contributed by atoms with Gasteiger partial charge in [-0.2, -0.15) is 0 Å². The average Bonchev–Trinajstić information content (AvgIpc) is 2.39. The average molecular weight is 281 g/mol. The van der Waals surface area contributed by atoms with Crippen molar-refractivity contribution in [2.24, 2.45) is 0 Å². The lowest BCUT2D eigenvalue weighted by Gasteiger charge is -2.18. The monoisotopic (exact) mass is 281 g/mol. The third kappa shape index (κ3) is 3.74. The van der Waals surface area contributed by atoms with Gasteiger partial charge in [-0.3, -0.25) is 0 Å². The number of nitrogens with one attached hydrogen (secondary N) is 1. The lowest BCUT2D eigenvalue weighted by Crippen LogP contribution is -2.19. The van der Waals surface area contributed by atoms with E-state index < -0.39 is 6.36 Å². The molecule has 2 rings (SSSR count). The van der Waals surface area contributed by atoms with Gasteiger partial charge in [-0.05, 0) is 30.3 Å². The quantitative estimate of drug-likeness (QED) is 0.918. The van der Waals surface area contributed by atoms with Crippen molar-refractivity contribution in [1.82, 2.24) is 5.32 Å². The van der Waals surface area contributed by atoms with Gasteiger partial charge in [-0.15, -0.1) is 13.2 Å². The van der Waals surface area contributed by atoms with E-state index in [1.807, 2.05) is 30.3 Å². The second-order valence-corrected chi connectivity index (χ2v) is 4.25. The lowest BCUT2D eigenvalue weighted by molar-refractivity contribution is -0.274. The molecule has 20 heavy (non-hydrogen) atoms. The lowest BCUT2D eigenvalue weighted by atomic mass is 9.99. The van der Waals surface area contributed by atoms with Crippen molar-refractivity contribution in [2.75, 3.05) is 7.05 Å². The Balaban J connectivity index is 2.29. The van der Waals surface area contributed by atoms with Crippen molar-refractivity contribution in [2.45, 2.75) is 12.4 Å². The van der Waals surface area contributed by atoms with E-state index in [1.54, 1.807) is 19.2 Å². The molecule has 1 atom stereocenters. The topological polar surface area (TPSA) is 21.3 Å². The molecule has 1 N–H and O–H groups in total. The summed E-state index contributed by atoms with van der Waals surface area (Å²) in [6, 6.07) is 15.3. The van der Waals surface area contributed by atoms with Gasteiger partial charge in [0.05, 0.1) is 6.04 Å². The van der Waals surface area contributed by atoms with Crippen LogP contribution >= 0.6 is 0 Å². The zero-order chi connectivity index (χ0) is 14.6. The van der Waals surface area contributed by atoms with E-state index in [0.29, 0.717) is 5.56 Å². The predicted octanol–water partition coefficient (Wildman–Crippen LogP) is 3.89. The van der Waals surface area contributed by atoms with E-state index >= 15 is 0 Å². The first-order valence-electron chi connectivity index (χ1n) is 6.07. The van der Waals surface area contributed by atoms with Crippen LogP contribution in [0.3, 0.4) is 0 Å². The van der Waals surface area contributed by atoms with Gasteiger partial charge in [0, 0.05) is 0 Å². The van der Waals surface area contributed by atoms with Crippen LogP contribution in [0.25, 0.3) is 0 Å². The molecule has 0 saturated heterocycles. The molecule has 2 nitrogen and oxygen atoms in total. The molecule has 0 aromatic heterocycles. The van der Waals surface area contributed by atoms with Gasteiger partial charge in [-0.1, -0.05) is 42.5 Å². The van der Waals surface area contributed by atoms with Gasteiger partial charge in [0.25, 0.3) is 0 Å². The summed E-state index contributed by atoms with van der Waals surface area (Å²) in [4.78, 5) is 0. The van der Waals surface area contributed by atoms with Crippen molar-refractivity contribution in [3.63, 3.8) is 0 Å². The van der Waals surface area contributed by atoms with E-state index in [1.165, 1.54) is 12.1 Å². The van der Waals surface area contributed by atoms with Crippen LogP contribution in [0.5, 0.6) is 5.75 Å². The van der Waals surface area contributed by atoms with Gasteiger partial charge < -0.3 is 10.1 Å². The van der Waals surface area contributed by atoms with Crippen molar-refractivity contribution in [1.29, 1.82) is 0 Å². The normalized spacial score (nSPS) is 13.0. The number of hydrogen-bond donors (Lipinski definition) is 1. The Labute approximate surface area is 115 Å². The predicted molar refractivity (Wildman–Crippen MR) is 70.5 cm³/mol. The molecule has 0 bridgehead atoms. The van der Waals surface area contributed by atoms with Gasteiger partial charge in [0.15, 0.2) is 0 Å². The second kappa shape index (κ2) is 5.96. The summed E-state index contributed by atoms with van der Waals surface area (Å²) >= 11 is 0. The maximum absolute atomic E-state index is 12.2. The molecular formula is C15H14F3NO. The maximum Gasteiger partial charge on any atom is 0.573 e. The molecule has 0 aliphatic heterocycles. The van der Waals surface area contributed by atoms with Gasteiger partial charge in [-0.25, -0.2) is 0 Å². The first kappa shape index (κ1) is 14.4. The van der Waals surface area contributed by atoms with Gasteiger partial charge in [0.2, 0.25) is 0 Å². The summed E-state index contributed by atoms with van der Waals surface area (Å²) in [5, 5.41) is 3.09. The molecule has 0 radical (unpaired) electrons. The van der Waals surface area contributed by atoms with E-state index in [9.17, 15) is 13.2 Å². The first-order valence-corrected chi connectivity index (χ1v) is 6.07. The highest BCUT2D eigenvalue weighted by atomic mass is 19.4. The molecular weight excluding hydrogens is 267 g/mol. The third-order valence-corrected chi connectivity index (χ3v) is 2.85. The molecule has 0 heterocycles. The van der Waals surface area contributed by atoms with E-state index in [0.717, 1.165) is 5.56 Å². The molecule has 106 valence electrons. The van der Waals surface area contributed by atoms with Crippen molar-refractivity contribution < 1.29 is 17.9 Å². The fourth-order valence-corrected chi connectivity index (χ4v) is 2.06. The van der Waals surface area contributed by atoms with Crippen LogP contribution in [0.15, 0.2) is 54.6 Å². The third-order valence-electron chi connectivity index (χ3n) is 2.85. The number of hydrogen-bond acceptors (Lipinski definition) is 2.